The molecule has 1 amide bonds. The second-order valence-corrected chi connectivity index (χ2v) is 5.14. The normalized spacial score (nSPS) is 11.0. The van der Waals surface area contributed by atoms with Crippen LogP contribution in [0.4, 0.5) is 13.2 Å². The highest BCUT2D eigenvalue weighted by atomic mass is 19.2. The van der Waals surface area contributed by atoms with Crippen LogP contribution in [0.25, 0.3) is 5.65 Å². The van der Waals surface area contributed by atoms with Gasteiger partial charge in [0, 0.05) is 0 Å². The fraction of sp³-hybridized carbons (Fsp3) is 0.125. The summed E-state index contributed by atoms with van der Waals surface area (Å²) in [5.41, 5.74) is 5.00. The summed E-state index contributed by atoms with van der Waals surface area (Å²) < 4.78 is 48.1. The fourth-order valence-electron chi connectivity index (χ4n) is 2.32. The lowest BCUT2D eigenvalue weighted by molar-refractivity contribution is 0.0993. The Bertz CT molecular complexity index is 953. The first-order valence-corrected chi connectivity index (χ1v) is 6.92. The van der Waals surface area contributed by atoms with E-state index in [1.165, 1.54) is 23.6 Å². The molecule has 0 fully saturated rings. The maximum Gasteiger partial charge on any atom is 0.267 e. The number of ether oxygens (including phenoxy) is 1. The van der Waals surface area contributed by atoms with Crippen molar-refractivity contribution in [3.63, 3.8) is 0 Å². The highest BCUT2D eigenvalue weighted by Crippen LogP contribution is 2.23. The molecular weight excluding hydrogens is 323 g/mol. The molecule has 0 atom stereocenters. The largest absolute Gasteiger partial charge is 0.473 e. The van der Waals surface area contributed by atoms with Crippen LogP contribution in [0, 0.1) is 24.4 Å². The molecule has 5 nitrogen and oxygen atoms in total. The quantitative estimate of drug-likeness (QED) is 0.745. The SMILES string of the molecule is Cc1cc(F)c(COc2cccc3ncc(C(N)=O)n23)c(F)c1F. The smallest absolute Gasteiger partial charge is 0.267 e. The van der Waals surface area contributed by atoms with Gasteiger partial charge in [-0.15, -0.1) is 0 Å². The molecule has 0 unspecified atom stereocenters. The van der Waals surface area contributed by atoms with Crippen LogP contribution in [0.3, 0.4) is 0 Å². The van der Waals surface area contributed by atoms with E-state index in [9.17, 15) is 18.0 Å². The predicted molar refractivity (Wildman–Crippen MR) is 79.1 cm³/mol. The summed E-state index contributed by atoms with van der Waals surface area (Å²) >= 11 is 0. The third-order valence-electron chi connectivity index (χ3n) is 3.55. The van der Waals surface area contributed by atoms with Crippen LogP contribution >= 0.6 is 0 Å². The summed E-state index contributed by atoms with van der Waals surface area (Å²) in [6.07, 6.45) is 1.26. The number of rotatable bonds is 4. The molecule has 2 aromatic heterocycles. The predicted octanol–water partition coefficient (Wildman–Crippen LogP) is 2.74. The Hall–Kier alpha value is -3.03. The van der Waals surface area contributed by atoms with Gasteiger partial charge in [0.15, 0.2) is 17.5 Å². The monoisotopic (exact) mass is 335 g/mol. The molecule has 0 aliphatic rings. The molecule has 0 aliphatic carbocycles. The topological polar surface area (TPSA) is 69.6 Å². The fourth-order valence-corrected chi connectivity index (χ4v) is 2.32. The van der Waals surface area contributed by atoms with E-state index in [1.54, 1.807) is 12.1 Å². The molecule has 0 aliphatic heterocycles. The molecule has 0 saturated heterocycles. The molecule has 0 saturated carbocycles. The van der Waals surface area contributed by atoms with Crippen LogP contribution in [0.2, 0.25) is 0 Å². The number of nitrogens with zero attached hydrogens (tertiary/aromatic N) is 2. The van der Waals surface area contributed by atoms with Crippen molar-refractivity contribution in [3.8, 4) is 5.88 Å². The Kier molecular flexibility index (Phi) is 3.88. The molecular formula is C16H12F3N3O2. The first-order chi connectivity index (χ1) is 11.4. The van der Waals surface area contributed by atoms with Gasteiger partial charge in [0.05, 0.1) is 11.8 Å². The summed E-state index contributed by atoms with van der Waals surface area (Å²) in [5.74, 6) is -4.00. The van der Waals surface area contributed by atoms with Gasteiger partial charge in [0.25, 0.3) is 5.91 Å². The minimum Gasteiger partial charge on any atom is -0.473 e. The summed E-state index contributed by atoms with van der Waals surface area (Å²) in [7, 11) is 0. The number of nitrogens with two attached hydrogens (primary N) is 1. The van der Waals surface area contributed by atoms with E-state index < -0.39 is 35.5 Å². The maximum absolute atomic E-state index is 13.9. The number of primary amides is 1. The van der Waals surface area contributed by atoms with Gasteiger partial charge in [-0.3, -0.25) is 9.20 Å². The van der Waals surface area contributed by atoms with Gasteiger partial charge in [-0.2, -0.15) is 0 Å². The minimum atomic E-state index is -1.31. The molecule has 0 bridgehead atoms. The number of carbonyl (C=O) groups excluding carboxylic acids is 1. The molecule has 2 heterocycles. The summed E-state index contributed by atoms with van der Waals surface area (Å²) in [5, 5.41) is 0. The summed E-state index contributed by atoms with van der Waals surface area (Å²) in [6, 6.07) is 5.56. The summed E-state index contributed by atoms with van der Waals surface area (Å²) in [6.45, 7) is 0.696. The van der Waals surface area contributed by atoms with Gasteiger partial charge in [-0.1, -0.05) is 6.07 Å². The molecule has 3 rings (SSSR count). The van der Waals surface area contributed by atoms with Crippen LogP contribution < -0.4 is 10.5 Å². The number of fused-ring (bicyclic) bond motifs is 1. The van der Waals surface area contributed by atoms with E-state index >= 15 is 0 Å². The van der Waals surface area contributed by atoms with Crippen LogP contribution in [0.15, 0.2) is 30.5 Å². The molecule has 1 aromatic carbocycles. The zero-order chi connectivity index (χ0) is 17.4. The van der Waals surface area contributed by atoms with Gasteiger partial charge < -0.3 is 10.5 Å². The van der Waals surface area contributed by atoms with E-state index in [1.807, 2.05) is 0 Å². The molecule has 3 aromatic rings. The maximum atomic E-state index is 13.9. The van der Waals surface area contributed by atoms with Crippen molar-refractivity contribution < 1.29 is 22.7 Å². The van der Waals surface area contributed by atoms with Crippen molar-refractivity contribution in [2.45, 2.75) is 13.5 Å². The molecule has 24 heavy (non-hydrogen) atoms. The van der Waals surface area contributed by atoms with Gasteiger partial charge in [-0.25, -0.2) is 18.2 Å². The molecule has 124 valence electrons. The minimum absolute atomic E-state index is 0.0524. The lowest BCUT2D eigenvalue weighted by Crippen LogP contribution is -2.15. The highest BCUT2D eigenvalue weighted by molar-refractivity contribution is 5.92. The van der Waals surface area contributed by atoms with Crippen molar-refractivity contribution in [1.29, 1.82) is 0 Å². The Morgan fingerprint density at radius 2 is 2.04 bits per heavy atom. The van der Waals surface area contributed by atoms with Gasteiger partial charge in [-0.05, 0) is 30.7 Å². The zero-order valence-corrected chi connectivity index (χ0v) is 12.5. The third-order valence-corrected chi connectivity index (χ3v) is 3.55. The van der Waals surface area contributed by atoms with E-state index in [2.05, 4.69) is 4.98 Å². The Labute approximate surface area is 134 Å². The van der Waals surface area contributed by atoms with E-state index in [0.717, 1.165) is 6.07 Å². The lowest BCUT2D eigenvalue weighted by atomic mass is 10.1. The molecule has 2 N–H and O–H groups in total. The van der Waals surface area contributed by atoms with Crippen molar-refractivity contribution in [3.05, 3.63) is 64.7 Å². The van der Waals surface area contributed by atoms with Crippen molar-refractivity contribution in [2.75, 3.05) is 0 Å². The number of benzene rings is 1. The second-order valence-electron chi connectivity index (χ2n) is 5.14. The van der Waals surface area contributed by atoms with Crippen LogP contribution in [0.5, 0.6) is 5.88 Å². The lowest BCUT2D eigenvalue weighted by Gasteiger charge is -2.12. The van der Waals surface area contributed by atoms with Crippen molar-refractivity contribution >= 4 is 11.6 Å². The van der Waals surface area contributed by atoms with Gasteiger partial charge in [0.1, 0.15) is 23.8 Å². The van der Waals surface area contributed by atoms with Gasteiger partial charge in [0.2, 0.25) is 0 Å². The average molecular weight is 335 g/mol. The highest BCUT2D eigenvalue weighted by Gasteiger charge is 2.18. The number of hydrogen-bond acceptors (Lipinski definition) is 3. The Balaban J connectivity index is 1.99. The second kappa shape index (κ2) is 5.88. The molecule has 0 radical (unpaired) electrons. The zero-order valence-electron chi connectivity index (χ0n) is 12.5. The van der Waals surface area contributed by atoms with E-state index in [0.29, 0.717) is 5.65 Å². The number of aromatic nitrogens is 2. The number of amides is 1. The van der Waals surface area contributed by atoms with E-state index in [-0.39, 0.29) is 17.1 Å². The van der Waals surface area contributed by atoms with Crippen LogP contribution in [-0.4, -0.2) is 15.3 Å². The van der Waals surface area contributed by atoms with Crippen molar-refractivity contribution in [1.82, 2.24) is 9.38 Å². The third kappa shape index (κ3) is 2.55. The number of aryl methyl sites for hydroxylation is 1. The van der Waals surface area contributed by atoms with Crippen molar-refractivity contribution in [2.24, 2.45) is 5.73 Å². The number of imidazole rings is 1. The number of pyridine rings is 1. The number of carbonyl (C=O) groups is 1. The summed E-state index contributed by atoms with van der Waals surface area (Å²) in [4.78, 5) is 15.4. The Morgan fingerprint density at radius 3 is 2.75 bits per heavy atom. The number of hydrogen-bond donors (Lipinski definition) is 1. The number of halogens is 3. The average Bonchev–Trinajstić information content (AvgIpc) is 2.97. The Morgan fingerprint density at radius 1 is 1.29 bits per heavy atom. The molecule has 0 spiro atoms. The van der Waals surface area contributed by atoms with Crippen LogP contribution in [-0.2, 0) is 6.61 Å². The molecule has 8 heteroatoms. The first kappa shape index (κ1) is 15.9. The van der Waals surface area contributed by atoms with Gasteiger partial charge >= 0.3 is 0 Å². The van der Waals surface area contributed by atoms with Crippen LogP contribution in [0.1, 0.15) is 21.6 Å². The van der Waals surface area contributed by atoms with E-state index in [4.69, 9.17) is 10.5 Å². The first-order valence-electron chi connectivity index (χ1n) is 6.92. The standard InChI is InChI=1S/C16H12F3N3O2/c1-8-5-10(17)9(15(19)14(8)18)7-24-13-4-2-3-12-21-6-11(16(20)23)22(12)13/h2-6H,7H2,1H3,(H2,20,23).